The maximum atomic E-state index is 5.47. The van der Waals surface area contributed by atoms with Gasteiger partial charge in [-0.3, -0.25) is 0 Å². The Bertz CT molecular complexity index is 781. The summed E-state index contributed by atoms with van der Waals surface area (Å²) < 4.78 is 9.88. The average Bonchev–Trinajstić information content (AvgIpc) is 3.26. The topological polar surface area (TPSA) is 32.0 Å². The van der Waals surface area contributed by atoms with E-state index in [-0.39, 0.29) is 0 Å². The molecular weight excluding hydrogens is 274 g/mol. The molecule has 0 aliphatic carbocycles. The zero-order valence-corrected chi connectivity index (χ0v) is 12.9. The number of nitrogens with zero attached hydrogens (tertiary/aromatic N) is 3. The van der Waals surface area contributed by atoms with Gasteiger partial charge in [0.1, 0.15) is 5.82 Å². The molecule has 3 heterocycles. The van der Waals surface area contributed by atoms with Gasteiger partial charge in [0.15, 0.2) is 0 Å². The van der Waals surface area contributed by atoms with Crippen LogP contribution in [-0.2, 0) is 18.3 Å². The van der Waals surface area contributed by atoms with E-state index in [4.69, 9.17) is 4.74 Å². The van der Waals surface area contributed by atoms with E-state index in [9.17, 15) is 0 Å². The lowest BCUT2D eigenvalue weighted by Crippen LogP contribution is -2.06. The van der Waals surface area contributed by atoms with E-state index in [1.165, 1.54) is 22.9 Å². The van der Waals surface area contributed by atoms with Crippen molar-refractivity contribution >= 4 is 10.9 Å². The summed E-state index contributed by atoms with van der Waals surface area (Å²) in [6, 6.07) is 8.73. The number of hydrogen-bond donors (Lipinski definition) is 0. The molecule has 0 bridgehead atoms. The molecule has 1 fully saturated rings. The third-order valence-corrected chi connectivity index (χ3v) is 4.66. The van der Waals surface area contributed by atoms with Gasteiger partial charge >= 0.3 is 0 Å². The van der Waals surface area contributed by atoms with Crippen LogP contribution in [0.5, 0.6) is 0 Å². The van der Waals surface area contributed by atoms with Crippen LogP contribution in [0.3, 0.4) is 0 Å². The van der Waals surface area contributed by atoms with E-state index in [0.29, 0.717) is 5.92 Å². The molecule has 114 valence electrons. The largest absolute Gasteiger partial charge is 0.381 e. The Morgan fingerprint density at radius 2 is 2.23 bits per heavy atom. The van der Waals surface area contributed by atoms with Gasteiger partial charge in [-0.25, -0.2) is 4.98 Å². The van der Waals surface area contributed by atoms with Gasteiger partial charge in [0.25, 0.3) is 0 Å². The minimum atomic E-state index is 0.701. The Balaban J connectivity index is 1.59. The van der Waals surface area contributed by atoms with Gasteiger partial charge in [-0.15, -0.1) is 0 Å². The molecule has 0 N–H and O–H groups in total. The summed E-state index contributed by atoms with van der Waals surface area (Å²) in [7, 11) is 2.08. The van der Waals surface area contributed by atoms with Crippen molar-refractivity contribution in [2.75, 3.05) is 13.2 Å². The van der Waals surface area contributed by atoms with E-state index in [0.717, 1.165) is 32.0 Å². The summed E-state index contributed by atoms with van der Waals surface area (Å²) in [6.07, 6.45) is 8.44. The first-order chi connectivity index (χ1) is 10.8. The fraction of sp³-hybridized carbons (Fsp3) is 0.389. The molecule has 1 saturated heterocycles. The Hall–Kier alpha value is -2.07. The second-order valence-electron chi connectivity index (χ2n) is 6.16. The molecule has 0 amide bonds. The number of aromatic nitrogens is 3. The first kappa shape index (κ1) is 13.6. The lowest BCUT2D eigenvalue weighted by Gasteiger charge is -2.11. The molecule has 1 aliphatic rings. The van der Waals surface area contributed by atoms with Crippen LogP contribution < -0.4 is 0 Å². The zero-order chi connectivity index (χ0) is 14.9. The van der Waals surface area contributed by atoms with Gasteiger partial charge in [0, 0.05) is 61.9 Å². The van der Waals surface area contributed by atoms with E-state index in [1.54, 1.807) is 0 Å². The summed E-state index contributed by atoms with van der Waals surface area (Å²) in [4.78, 5) is 4.57. The van der Waals surface area contributed by atoms with Crippen LogP contribution in [-0.4, -0.2) is 27.3 Å². The van der Waals surface area contributed by atoms with Crippen LogP contribution in [0, 0.1) is 5.92 Å². The third kappa shape index (κ3) is 2.44. The number of imidazole rings is 1. The fourth-order valence-corrected chi connectivity index (χ4v) is 3.30. The molecule has 4 heteroatoms. The molecule has 3 aromatic rings. The average molecular weight is 295 g/mol. The van der Waals surface area contributed by atoms with Crippen molar-refractivity contribution in [3.8, 4) is 11.4 Å². The summed E-state index contributed by atoms with van der Waals surface area (Å²) in [5, 5.41) is 1.26. The molecule has 1 aromatic carbocycles. The number of hydrogen-bond acceptors (Lipinski definition) is 2. The van der Waals surface area contributed by atoms with Crippen molar-refractivity contribution in [3.05, 3.63) is 42.9 Å². The Kier molecular flexibility index (Phi) is 3.47. The zero-order valence-electron chi connectivity index (χ0n) is 12.9. The van der Waals surface area contributed by atoms with Gasteiger partial charge in [-0.2, -0.15) is 0 Å². The van der Waals surface area contributed by atoms with E-state index in [2.05, 4.69) is 57.8 Å². The van der Waals surface area contributed by atoms with E-state index in [1.807, 2.05) is 6.20 Å². The maximum Gasteiger partial charge on any atom is 0.139 e. The van der Waals surface area contributed by atoms with Crippen molar-refractivity contribution in [2.24, 2.45) is 13.0 Å². The smallest absolute Gasteiger partial charge is 0.139 e. The predicted octanol–water partition coefficient (Wildman–Crippen LogP) is 3.47. The third-order valence-electron chi connectivity index (χ3n) is 4.66. The summed E-state index contributed by atoms with van der Waals surface area (Å²) in [6.45, 7) is 2.85. The Morgan fingerprint density at radius 1 is 1.27 bits per heavy atom. The van der Waals surface area contributed by atoms with Crippen LogP contribution in [0.1, 0.15) is 12.8 Å². The quantitative estimate of drug-likeness (QED) is 0.738. The number of aryl methyl sites for hydroxylation is 2. The van der Waals surface area contributed by atoms with Crippen molar-refractivity contribution in [2.45, 2.75) is 19.4 Å². The van der Waals surface area contributed by atoms with Gasteiger partial charge in [-0.05, 0) is 43.0 Å². The van der Waals surface area contributed by atoms with Crippen LogP contribution in [0.25, 0.3) is 22.3 Å². The molecule has 0 spiro atoms. The number of benzene rings is 1. The SMILES string of the molecule is Cn1ccc2cc(-c3nccn3CCC3CCOC3)ccc21. The molecular formula is C18H21N3O. The van der Waals surface area contributed by atoms with Crippen molar-refractivity contribution in [1.29, 1.82) is 0 Å². The highest BCUT2D eigenvalue weighted by atomic mass is 16.5. The molecule has 1 atom stereocenters. The lowest BCUT2D eigenvalue weighted by atomic mass is 10.1. The highest BCUT2D eigenvalue weighted by Crippen LogP contribution is 2.25. The number of fused-ring (bicyclic) bond motifs is 1. The predicted molar refractivity (Wildman–Crippen MR) is 87.7 cm³/mol. The van der Waals surface area contributed by atoms with Gasteiger partial charge < -0.3 is 13.9 Å². The van der Waals surface area contributed by atoms with Crippen LogP contribution in [0.4, 0.5) is 0 Å². The standard InChI is InChI=1S/C18H21N3O/c1-20-8-5-15-12-16(2-3-17(15)20)18-19-7-10-21(18)9-4-14-6-11-22-13-14/h2-3,5,7-8,10,12,14H,4,6,9,11,13H2,1H3. The summed E-state index contributed by atoms with van der Waals surface area (Å²) >= 11 is 0. The van der Waals surface area contributed by atoms with E-state index >= 15 is 0 Å². The maximum absolute atomic E-state index is 5.47. The molecule has 1 unspecified atom stereocenters. The van der Waals surface area contributed by atoms with Gasteiger partial charge in [0.05, 0.1) is 0 Å². The Labute approximate surface area is 130 Å². The van der Waals surface area contributed by atoms with Gasteiger partial charge in [0.2, 0.25) is 0 Å². The van der Waals surface area contributed by atoms with Crippen LogP contribution in [0.15, 0.2) is 42.9 Å². The summed E-state index contributed by atoms with van der Waals surface area (Å²) in [5.74, 6) is 1.76. The molecule has 0 saturated carbocycles. The molecule has 2 aromatic heterocycles. The van der Waals surface area contributed by atoms with Crippen molar-refractivity contribution < 1.29 is 4.74 Å². The second kappa shape index (κ2) is 5.61. The van der Waals surface area contributed by atoms with Crippen LogP contribution in [0.2, 0.25) is 0 Å². The van der Waals surface area contributed by atoms with Crippen molar-refractivity contribution in [3.63, 3.8) is 0 Å². The normalized spacial score (nSPS) is 18.3. The minimum absolute atomic E-state index is 0.701. The first-order valence-corrected chi connectivity index (χ1v) is 7.95. The molecule has 4 rings (SSSR count). The van der Waals surface area contributed by atoms with Crippen molar-refractivity contribution in [1.82, 2.24) is 14.1 Å². The number of rotatable bonds is 4. The highest BCUT2D eigenvalue weighted by molar-refractivity contribution is 5.84. The second-order valence-corrected chi connectivity index (χ2v) is 6.16. The first-order valence-electron chi connectivity index (χ1n) is 7.95. The number of ether oxygens (including phenoxy) is 1. The highest BCUT2D eigenvalue weighted by Gasteiger charge is 2.16. The minimum Gasteiger partial charge on any atom is -0.381 e. The van der Waals surface area contributed by atoms with Gasteiger partial charge in [-0.1, -0.05) is 0 Å². The monoisotopic (exact) mass is 295 g/mol. The molecule has 22 heavy (non-hydrogen) atoms. The molecule has 4 nitrogen and oxygen atoms in total. The molecule has 0 radical (unpaired) electrons. The summed E-state index contributed by atoms with van der Waals surface area (Å²) in [5.41, 5.74) is 2.44. The van der Waals surface area contributed by atoms with E-state index < -0.39 is 0 Å². The Morgan fingerprint density at radius 3 is 3.09 bits per heavy atom. The lowest BCUT2D eigenvalue weighted by molar-refractivity contribution is 0.183. The molecule has 1 aliphatic heterocycles. The van der Waals surface area contributed by atoms with Crippen LogP contribution >= 0.6 is 0 Å². The fourth-order valence-electron chi connectivity index (χ4n) is 3.30.